The minimum absolute atomic E-state index is 0.00910. The number of nitrogens with zero attached hydrogens (tertiary/aromatic N) is 1. The van der Waals surface area contributed by atoms with Crippen LogP contribution in [-0.4, -0.2) is 40.3 Å². The highest BCUT2D eigenvalue weighted by Crippen LogP contribution is 2.33. The van der Waals surface area contributed by atoms with Gasteiger partial charge in [-0.1, -0.05) is 36.4 Å². The van der Waals surface area contributed by atoms with Crippen molar-refractivity contribution in [2.24, 2.45) is 0 Å². The number of hydrogen-bond acceptors (Lipinski definition) is 6. The van der Waals surface area contributed by atoms with Gasteiger partial charge < -0.3 is 19.5 Å². The zero-order valence-electron chi connectivity index (χ0n) is 20.2. The van der Waals surface area contributed by atoms with Crippen LogP contribution in [-0.2, 0) is 21.4 Å². The fraction of sp³-hybridized carbons (Fsp3) is 0.269. The lowest BCUT2D eigenvalue weighted by Crippen LogP contribution is -2.40. The van der Waals surface area contributed by atoms with E-state index in [4.69, 9.17) is 14.2 Å². The minimum atomic E-state index is -3.78. The van der Waals surface area contributed by atoms with Crippen LogP contribution in [0.2, 0.25) is 0 Å². The Morgan fingerprint density at radius 2 is 1.63 bits per heavy atom. The highest BCUT2D eigenvalue weighted by Gasteiger charge is 2.24. The van der Waals surface area contributed by atoms with Gasteiger partial charge in [0.1, 0.15) is 12.3 Å². The lowest BCUT2D eigenvalue weighted by Gasteiger charge is -2.24. The molecule has 8 nitrogen and oxygen atoms in total. The number of carbonyl (C=O) groups is 1. The number of methoxy groups -OCH3 is 1. The Morgan fingerprint density at radius 3 is 2.29 bits per heavy atom. The largest absolute Gasteiger partial charge is 0.493 e. The number of ether oxygens (including phenoxy) is 3. The molecule has 0 atom stereocenters. The molecular weight excluding hydrogens is 468 g/mol. The Kier molecular flexibility index (Phi) is 8.59. The Bertz CT molecular complexity index is 1250. The molecule has 3 aromatic carbocycles. The number of benzene rings is 3. The molecule has 186 valence electrons. The van der Waals surface area contributed by atoms with Crippen molar-refractivity contribution >= 4 is 21.6 Å². The quantitative estimate of drug-likeness (QED) is 0.422. The second-order valence-corrected chi connectivity index (χ2v) is 9.99. The Balaban J connectivity index is 1.74. The van der Waals surface area contributed by atoms with E-state index in [2.05, 4.69) is 5.32 Å². The molecule has 0 radical (unpaired) electrons. The van der Waals surface area contributed by atoms with Crippen LogP contribution < -0.4 is 23.8 Å². The second-order valence-electron chi connectivity index (χ2n) is 8.08. The van der Waals surface area contributed by atoms with E-state index in [0.29, 0.717) is 23.0 Å². The molecule has 0 bridgehead atoms. The molecule has 0 aromatic heterocycles. The van der Waals surface area contributed by atoms with Crippen LogP contribution in [0.4, 0.5) is 5.69 Å². The van der Waals surface area contributed by atoms with Gasteiger partial charge in [0, 0.05) is 6.54 Å². The molecule has 1 N–H and O–H groups in total. The van der Waals surface area contributed by atoms with E-state index in [0.717, 1.165) is 16.1 Å². The van der Waals surface area contributed by atoms with Crippen LogP contribution in [0.3, 0.4) is 0 Å². The molecule has 3 aromatic rings. The highest BCUT2D eigenvalue weighted by molar-refractivity contribution is 7.92. The number of para-hydroxylation sites is 3. The van der Waals surface area contributed by atoms with Crippen LogP contribution in [0.1, 0.15) is 19.4 Å². The van der Waals surface area contributed by atoms with Crippen LogP contribution in [0, 0.1) is 0 Å². The first kappa shape index (κ1) is 25.9. The number of nitrogens with one attached hydrogen (secondary N) is 1. The van der Waals surface area contributed by atoms with Crippen LogP contribution >= 0.6 is 0 Å². The molecule has 0 fully saturated rings. The van der Waals surface area contributed by atoms with Crippen molar-refractivity contribution in [1.82, 2.24) is 5.32 Å². The fourth-order valence-corrected chi connectivity index (χ4v) is 4.17. The van der Waals surface area contributed by atoms with E-state index in [-0.39, 0.29) is 18.3 Å². The summed E-state index contributed by atoms with van der Waals surface area (Å²) in [6.07, 6.45) is 1.04. The van der Waals surface area contributed by atoms with Crippen molar-refractivity contribution in [2.45, 2.75) is 26.5 Å². The third-order valence-corrected chi connectivity index (χ3v) is 6.00. The maximum Gasteiger partial charge on any atom is 0.241 e. The molecule has 35 heavy (non-hydrogen) atoms. The standard InChI is InChI=1S/C26H30N2O6S/c1-19(2)33-24-15-14-20(16-25(24)32-3)17-27-26(29)18-28(35(4,30)31)22-12-8-9-13-23(22)34-21-10-6-5-7-11-21/h5-16,19H,17-18H2,1-4H3,(H,27,29). The molecule has 0 saturated carbocycles. The summed E-state index contributed by atoms with van der Waals surface area (Å²) in [5.41, 5.74) is 1.05. The van der Waals surface area contributed by atoms with Gasteiger partial charge in [-0.2, -0.15) is 0 Å². The van der Waals surface area contributed by atoms with Gasteiger partial charge in [0.2, 0.25) is 15.9 Å². The lowest BCUT2D eigenvalue weighted by molar-refractivity contribution is -0.119. The van der Waals surface area contributed by atoms with Gasteiger partial charge in [0.05, 0.1) is 25.2 Å². The number of amides is 1. The third kappa shape index (κ3) is 7.38. The Labute approximate surface area is 206 Å². The summed E-state index contributed by atoms with van der Waals surface area (Å²) in [4.78, 5) is 12.8. The van der Waals surface area contributed by atoms with Crippen LogP contribution in [0.5, 0.6) is 23.0 Å². The average molecular weight is 499 g/mol. The maximum atomic E-state index is 12.8. The predicted molar refractivity (Wildman–Crippen MR) is 136 cm³/mol. The molecule has 3 rings (SSSR count). The highest BCUT2D eigenvalue weighted by atomic mass is 32.2. The van der Waals surface area contributed by atoms with E-state index in [1.165, 1.54) is 0 Å². The summed E-state index contributed by atoms with van der Waals surface area (Å²) >= 11 is 0. The third-order valence-electron chi connectivity index (χ3n) is 4.87. The van der Waals surface area contributed by atoms with Gasteiger partial charge >= 0.3 is 0 Å². The van der Waals surface area contributed by atoms with Gasteiger partial charge in [-0.3, -0.25) is 9.10 Å². The van der Waals surface area contributed by atoms with Crippen molar-refractivity contribution in [1.29, 1.82) is 0 Å². The number of anilines is 1. The van der Waals surface area contributed by atoms with E-state index >= 15 is 0 Å². The van der Waals surface area contributed by atoms with Crippen molar-refractivity contribution in [3.63, 3.8) is 0 Å². The van der Waals surface area contributed by atoms with E-state index < -0.39 is 22.5 Å². The summed E-state index contributed by atoms with van der Waals surface area (Å²) in [5.74, 6) is 1.57. The predicted octanol–water partition coefficient (Wildman–Crippen LogP) is 4.36. The van der Waals surface area contributed by atoms with Crippen LogP contribution in [0.25, 0.3) is 0 Å². The van der Waals surface area contributed by atoms with Crippen molar-refractivity contribution in [3.05, 3.63) is 78.4 Å². The zero-order valence-corrected chi connectivity index (χ0v) is 21.0. The maximum absolute atomic E-state index is 12.8. The molecule has 0 aliphatic carbocycles. The summed E-state index contributed by atoms with van der Waals surface area (Å²) < 4.78 is 43.3. The first-order chi connectivity index (χ1) is 16.7. The monoisotopic (exact) mass is 498 g/mol. The molecule has 0 unspecified atom stereocenters. The summed E-state index contributed by atoms with van der Waals surface area (Å²) in [5, 5.41) is 2.77. The second kappa shape index (κ2) is 11.6. The average Bonchev–Trinajstić information content (AvgIpc) is 2.82. The molecule has 9 heteroatoms. The fourth-order valence-electron chi connectivity index (χ4n) is 3.31. The molecule has 0 aliphatic rings. The summed E-state index contributed by atoms with van der Waals surface area (Å²) in [7, 11) is -2.24. The van der Waals surface area contributed by atoms with E-state index in [1.807, 2.05) is 38.1 Å². The number of carbonyl (C=O) groups excluding carboxylic acids is 1. The summed E-state index contributed by atoms with van der Waals surface area (Å²) in [6.45, 7) is 3.63. The number of sulfonamides is 1. The summed E-state index contributed by atoms with van der Waals surface area (Å²) in [6, 6.07) is 21.1. The van der Waals surface area contributed by atoms with E-state index in [1.54, 1.807) is 55.6 Å². The van der Waals surface area contributed by atoms with E-state index in [9.17, 15) is 13.2 Å². The van der Waals surface area contributed by atoms with Gasteiger partial charge in [0.15, 0.2) is 17.2 Å². The zero-order chi connectivity index (χ0) is 25.4. The molecule has 0 aliphatic heterocycles. The van der Waals surface area contributed by atoms with Gasteiger partial charge in [-0.15, -0.1) is 0 Å². The number of rotatable bonds is 11. The molecule has 0 heterocycles. The molecule has 0 spiro atoms. The molecular formula is C26H30N2O6S. The normalized spacial score (nSPS) is 11.1. The smallest absolute Gasteiger partial charge is 0.241 e. The van der Waals surface area contributed by atoms with Crippen molar-refractivity contribution in [3.8, 4) is 23.0 Å². The Hall–Kier alpha value is -3.72. The van der Waals surface area contributed by atoms with Gasteiger partial charge in [-0.25, -0.2) is 8.42 Å². The molecule has 1 amide bonds. The Morgan fingerprint density at radius 1 is 0.943 bits per heavy atom. The lowest BCUT2D eigenvalue weighted by atomic mass is 10.2. The minimum Gasteiger partial charge on any atom is -0.493 e. The SMILES string of the molecule is COc1cc(CNC(=O)CN(c2ccccc2Oc2ccccc2)S(C)(=O)=O)ccc1OC(C)C. The number of hydrogen-bond donors (Lipinski definition) is 1. The van der Waals surface area contributed by atoms with Crippen LogP contribution in [0.15, 0.2) is 72.8 Å². The van der Waals surface area contributed by atoms with Crippen molar-refractivity contribution < 1.29 is 27.4 Å². The van der Waals surface area contributed by atoms with Gasteiger partial charge in [0.25, 0.3) is 0 Å². The first-order valence-electron chi connectivity index (χ1n) is 11.1. The first-order valence-corrected chi connectivity index (χ1v) is 12.9. The molecule has 0 saturated heterocycles. The topological polar surface area (TPSA) is 94.2 Å². The van der Waals surface area contributed by atoms with Crippen molar-refractivity contribution in [2.75, 3.05) is 24.2 Å². The van der Waals surface area contributed by atoms with Gasteiger partial charge in [-0.05, 0) is 55.8 Å².